The summed E-state index contributed by atoms with van der Waals surface area (Å²) < 4.78 is 10.9. The van der Waals surface area contributed by atoms with E-state index in [0.29, 0.717) is 31.2 Å². The molecule has 2 unspecified atom stereocenters. The van der Waals surface area contributed by atoms with Crippen molar-refractivity contribution >= 4 is 0 Å². The molecule has 0 aliphatic heterocycles. The molecule has 0 N–H and O–H groups in total. The van der Waals surface area contributed by atoms with Gasteiger partial charge in [0.2, 0.25) is 11.7 Å². The molecule has 2 atom stereocenters. The molecule has 0 amide bonds. The van der Waals surface area contributed by atoms with E-state index in [9.17, 15) is 0 Å². The molecule has 0 radical (unpaired) electrons. The van der Waals surface area contributed by atoms with Crippen LogP contribution >= 0.6 is 0 Å². The van der Waals surface area contributed by atoms with Crippen molar-refractivity contribution in [1.82, 2.24) is 10.1 Å². The highest BCUT2D eigenvalue weighted by atomic mass is 16.5. The summed E-state index contributed by atoms with van der Waals surface area (Å²) >= 11 is 0. The van der Waals surface area contributed by atoms with Crippen molar-refractivity contribution in [2.24, 2.45) is 5.92 Å². The van der Waals surface area contributed by atoms with Gasteiger partial charge >= 0.3 is 0 Å². The summed E-state index contributed by atoms with van der Waals surface area (Å²) in [6.45, 7) is 8.55. The van der Waals surface area contributed by atoms with E-state index in [-0.39, 0.29) is 5.92 Å². The van der Waals surface area contributed by atoms with E-state index in [1.54, 1.807) is 0 Å². The van der Waals surface area contributed by atoms with Crippen molar-refractivity contribution < 1.29 is 9.26 Å². The maximum atomic E-state index is 8.62. The maximum absolute atomic E-state index is 8.62. The SMILES string of the molecule is CCOC(C)(CC)c1noc(CC(C)CC#N)n1. The van der Waals surface area contributed by atoms with Crippen molar-refractivity contribution in [3.05, 3.63) is 11.7 Å². The van der Waals surface area contributed by atoms with Crippen molar-refractivity contribution in [1.29, 1.82) is 5.26 Å². The molecule has 0 bridgehead atoms. The summed E-state index contributed by atoms with van der Waals surface area (Å²) in [5.74, 6) is 1.39. The minimum Gasteiger partial charge on any atom is -0.367 e. The number of ether oxygens (including phenoxy) is 1. The summed E-state index contributed by atoms with van der Waals surface area (Å²) in [5, 5.41) is 12.6. The zero-order chi connectivity index (χ0) is 13.6. The molecule has 18 heavy (non-hydrogen) atoms. The molecule has 0 aliphatic rings. The van der Waals surface area contributed by atoms with Crippen LogP contribution in [-0.2, 0) is 16.8 Å². The maximum Gasteiger partial charge on any atom is 0.227 e. The second-order valence-corrected chi connectivity index (χ2v) is 4.70. The van der Waals surface area contributed by atoms with E-state index < -0.39 is 5.60 Å². The van der Waals surface area contributed by atoms with Gasteiger partial charge in [0.05, 0.1) is 6.07 Å². The fourth-order valence-corrected chi connectivity index (χ4v) is 1.72. The third-order valence-electron chi connectivity index (χ3n) is 3.04. The molecule has 0 spiro atoms. The number of nitriles is 1. The van der Waals surface area contributed by atoms with Crippen molar-refractivity contribution in [3.63, 3.8) is 0 Å². The molecule has 1 aromatic rings. The van der Waals surface area contributed by atoms with Crippen molar-refractivity contribution in [2.75, 3.05) is 6.61 Å². The van der Waals surface area contributed by atoms with E-state index >= 15 is 0 Å². The molecule has 0 saturated carbocycles. The Kier molecular flexibility index (Phi) is 5.29. The van der Waals surface area contributed by atoms with E-state index in [0.717, 1.165) is 6.42 Å². The van der Waals surface area contributed by atoms with E-state index in [2.05, 4.69) is 16.2 Å². The Labute approximate surface area is 108 Å². The first-order chi connectivity index (χ1) is 8.55. The zero-order valence-electron chi connectivity index (χ0n) is 11.6. The molecule has 1 rings (SSSR count). The number of rotatable bonds is 7. The van der Waals surface area contributed by atoms with Gasteiger partial charge in [0.1, 0.15) is 5.60 Å². The Morgan fingerprint density at radius 2 is 2.22 bits per heavy atom. The van der Waals surface area contributed by atoms with Crippen LogP contribution in [0.4, 0.5) is 0 Å². The summed E-state index contributed by atoms with van der Waals surface area (Å²) in [5.41, 5.74) is -0.491. The summed E-state index contributed by atoms with van der Waals surface area (Å²) in [7, 11) is 0. The first-order valence-electron chi connectivity index (χ1n) is 6.39. The number of hydrogen-bond donors (Lipinski definition) is 0. The highest BCUT2D eigenvalue weighted by Gasteiger charge is 2.30. The summed E-state index contributed by atoms with van der Waals surface area (Å²) in [4.78, 5) is 4.38. The quantitative estimate of drug-likeness (QED) is 0.745. The smallest absolute Gasteiger partial charge is 0.227 e. The molecule has 5 nitrogen and oxygen atoms in total. The fourth-order valence-electron chi connectivity index (χ4n) is 1.72. The monoisotopic (exact) mass is 251 g/mol. The number of aromatic nitrogens is 2. The lowest BCUT2D eigenvalue weighted by Crippen LogP contribution is -2.26. The van der Waals surface area contributed by atoms with Crippen LogP contribution in [0, 0.1) is 17.2 Å². The average molecular weight is 251 g/mol. The lowest BCUT2D eigenvalue weighted by molar-refractivity contribution is -0.0403. The number of hydrogen-bond acceptors (Lipinski definition) is 5. The minimum atomic E-state index is -0.491. The standard InChI is InChI=1S/C13H21N3O2/c1-5-13(4,17-6-2)12-15-11(18-16-12)9-10(3)7-8-14/h10H,5-7,9H2,1-4H3. The van der Waals surface area contributed by atoms with Crippen molar-refractivity contribution in [3.8, 4) is 6.07 Å². The molecule has 5 heteroatoms. The van der Waals surface area contributed by atoms with Crippen LogP contribution in [0.25, 0.3) is 0 Å². The average Bonchev–Trinajstić information content (AvgIpc) is 2.78. The Morgan fingerprint density at radius 3 is 2.78 bits per heavy atom. The second kappa shape index (κ2) is 6.50. The molecular formula is C13H21N3O2. The van der Waals surface area contributed by atoms with Crippen LogP contribution < -0.4 is 0 Å². The van der Waals surface area contributed by atoms with Gasteiger partial charge in [0.25, 0.3) is 0 Å². The van der Waals surface area contributed by atoms with E-state index in [1.165, 1.54) is 0 Å². The van der Waals surface area contributed by atoms with Gasteiger partial charge < -0.3 is 9.26 Å². The molecule has 1 aromatic heterocycles. The zero-order valence-corrected chi connectivity index (χ0v) is 11.6. The lowest BCUT2D eigenvalue weighted by Gasteiger charge is -2.23. The van der Waals surface area contributed by atoms with Crippen LogP contribution in [0.1, 0.15) is 52.3 Å². The van der Waals surface area contributed by atoms with Crippen molar-refractivity contribution in [2.45, 2.75) is 52.6 Å². The molecule has 0 saturated heterocycles. The highest BCUT2D eigenvalue weighted by molar-refractivity contribution is 4.99. The highest BCUT2D eigenvalue weighted by Crippen LogP contribution is 2.26. The second-order valence-electron chi connectivity index (χ2n) is 4.70. The van der Waals surface area contributed by atoms with Gasteiger partial charge in [-0.05, 0) is 26.2 Å². The van der Waals surface area contributed by atoms with Crippen LogP contribution in [0.15, 0.2) is 4.52 Å². The van der Waals surface area contributed by atoms with Crippen LogP contribution in [0.3, 0.4) is 0 Å². The van der Waals surface area contributed by atoms with Gasteiger partial charge in [-0.15, -0.1) is 0 Å². The van der Waals surface area contributed by atoms with Gasteiger partial charge in [0.15, 0.2) is 0 Å². The largest absolute Gasteiger partial charge is 0.367 e. The minimum absolute atomic E-state index is 0.225. The van der Waals surface area contributed by atoms with Gasteiger partial charge in [0, 0.05) is 19.4 Å². The van der Waals surface area contributed by atoms with Gasteiger partial charge in [-0.3, -0.25) is 0 Å². The van der Waals surface area contributed by atoms with Gasteiger partial charge in [-0.25, -0.2) is 0 Å². The molecule has 0 fully saturated rings. The Hall–Kier alpha value is -1.41. The fraction of sp³-hybridized carbons (Fsp3) is 0.769. The molecule has 0 aliphatic carbocycles. The predicted molar refractivity (Wildman–Crippen MR) is 66.7 cm³/mol. The van der Waals surface area contributed by atoms with Crippen LogP contribution in [-0.4, -0.2) is 16.7 Å². The topological polar surface area (TPSA) is 71.9 Å². The Balaban J connectivity index is 2.76. The number of nitrogens with zero attached hydrogens (tertiary/aromatic N) is 3. The molecule has 100 valence electrons. The van der Waals surface area contributed by atoms with Gasteiger partial charge in [-0.1, -0.05) is 19.0 Å². The summed E-state index contributed by atoms with van der Waals surface area (Å²) in [6, 6.07) is 2.14. The third-order valence-corrected chi connectivity index (χ3v) is 3.04. The van der Waals surface area contributed by atoms with Crippen LogP contribution in [0.2, 0.25) is 0 Å². The first-order valence-corrected chi connectivity index (χ1v) is 6.39. The third kappa shape index (κ3) is 3.54. The molecular weight excluding hydrogens is 230 g/mol. The Morgan fingerprint density at radius 1 is 1.50 bits per heavy atom. The van der Waals surface area contributed by atoms with E-state index in [1.807, 2.05) is 27.7 Å². The molecule has 1 heterocycles. The summed E-state index contributed by atoms with van der Waals surface area (Å²) in [6.07, 6.45) is 1.91. The van der Waals surface area contributed by atoms with Crippen LogP contribution in [0.5, 0.6) is 0 Å². The first kappa shape index (κ1) is 14.7. The Bertz CT molecular complexity index is 411. The van der Waals surface area contributed by atoms with Gasteiger partial charge in [-0.2, -0.15) is 10.2 Å². The normalized spacial score (nSPS) is 15.9. The molecule has 0 aromatic carbocycles. The van der Waals surface area contributed by atoms with E-state index in [4.69, 9.17) is 14.5 Å². The predicted octanol–water partition coefficient (Wildman–Crippen LogP) is 2.82. The lowest BCUT2D eigenvalue weighted by atomic mass is 10.0.